The van der Waals surface area contributed by atoms with Crippen molar-refractivity contribution in [3.8, 4) is 0 Å². The lowest BCUT2D eigenvalue weighted by Gasteiger charge is -2.26. The Hall–Kier alpha value is -1.49. The van der Waals surface area contributed by atoms with E-state index in [1.165, 1.54) is 25.1 Å². The zero-order valence-corrected chi connectivity index (χ0v) is 9.61. The van der Waals surface area contributed by atoms with E-state index in [9.17, 15) is 18.7 Å². The molecule has 5 heteroatoms. The minimum atomic E-state index is -2.33. The summed E-state index contributed by atoms with van der Waals surface area (Å²) in [5, 5.41) is 9.92. The molecule has 0 bridgehead atoms. The molecule has 0 aliphatic rings. The molecule has 0 saturated heterocycles. The van der Waals surface area contributed by atoms with Crippen LogP contribution in [0.4, 0.5) is 8.78 Å². The Bertz CT molecular complexity index is 404. The Morgan fingerprint density at radius 3 is 2.65 bits per heavy atom. The van der Waals surface area contributed by atoms with Gasteiger partial charge >= 0.3 is 5.97 Å². The summed E-state index contributed by atoms with van der Waals surface area (Å²) in [6.07, 6.45) is -2.33. The molecule has 0 aromatic heterocycles. The summed E-state index contributed by atoms with van der Waals surface area (Å²) in [5.74, 6) is -1.98. The van der Waals surface area contributed by atoms with Gasteiger partial charge in [-0.05, 0) is 19.9 Å². The Kier molecular flexibility index (Phi) is 4.17. The first-order valence-electron chi connectivity index (χ1n) is 5.19. The lowest BCUT2D eigenvalue weighted by atomic mass is 9.90. The Morgan fingerprint density at radius 1 is 1.53 bits per heavy atom. The molecule has 0 aliphatic carbocycles. The van der Waals surface area contributed by atoms with Gasteiger partial charge in [0.25, 0.3) is 0 Å². The predicted molar refractivity (Wildman–Crippen MR) is 57.5 cm³/mol. The first kappa shape index (κ1) is 13.6. The molecule has 3 nitrogen and oxygen atoms in total. The maximum Gasteiger partial charge on any atom is 0.344 e. The second kappa shape index (κ2) is 5.23. The average molecular weight is 244 g/mol. The lowest BCUT2D eigenvalue weighted by Crippen LogP contribution is -2.40. The van der Waals surface area contributed by atoms with Gasteiger partial charge in [-0.25, -0.2) is 13.6 Å². The third-order valence-electron chi connectivity index (χ3n) is 2.41. The normalized spacial score (nSPS) is 16.1. The summed E-state index contributed by atoms with van der Waals surface area (Å²) in [6, 6.07) is 5.17. The quantitative estimate of drug-likeness (QED) is 0.823. The van der Waals surface area contributed by atoms with Crippen molar-refractivity contribution in [3.05, 3.63) is 35.6 Å². The largest absolute Gasteiger partial charge is 0.464 e. The molecule has 1 aromatic carbocycles. The van der Waals surface area contributed by atoms with Gasteiger partial charge < -0.3 is 9.84 Å². The fraction of sp³-hybridized carbons (Fsp3) is 0.417. The molecule has 0 fully saturated rings. The van der Waals surface area contributed by atoms with Gasteiger partial charge in [-0.2, -0.15) is 0 Å². The summed E-state index contributed by atoms with van der Waals surface area (Å²) >= 11 is 0. The van der Waals surface area contributed by atoms with E-state index in [-0.39, 0.29) is 12.2 Å². The molecular weight excluding hydrogens is 230 g/mol. The number of carbonyl (C=O) groups excluding carboxylic acids is 1. The van der Waals surface area contributed by atoms with Crippen LogP contribution in [0.5, 0.6) is 0 Å². The minimum absolute atomic E-state index is 0.00734. The molecule has 0 amide bonds. The fourth-order valence-corrected chi connectivity index (χ4v) is 1.45. The summed E-state index contributed by atoms with van der Waals surface area (Å²) in [6.45, 7) is 2.54. The Balaban J connectivity index is 3.02. The molecule has 0 radical (unpaired) electrons. The first-order chi connectivity index (χ1) is 7.91. The number of esters is 1. The average Bonchev–Trinajstić information content (AvgIpc) is 2.28. The molecule has 1 aromatic rings. The minimum Gasteiger partial charge on any atom is -0.464 e. The van der Waals surface area contributed by atoms with Crippen molar-refractivity contribution in [2.75, 3.05) is 6.61 Å². The number of hydrogen-bond acceptors (Lipinski definition) is 3. The van der Waals surface area contributed by atoms with Gasteiger partial charge in [-0.3, -0.25) is 0 Å². The lowest BCUT2D eigenvalue weighted by molar-refractivity contribution is -0.160. The van der Waals surface area contributed by atoms with E-state index in [1.54, 1.807) is 0 Å². The van der Waals surface area contributed by atoms with Gasteiger partial charge in [0, 0.05) is 5.56 Å². The summed E-state index contributed by atoms with van der Waals surface area (Å²) in [5.41, 5.74) is -2.53. The van der Waals surface area contributed by atoms with Crippen LogP contribution in [-0.2, 0) is 15.1 Å². The van der Waals surface area contributed by atoms with Gasteiger partial charge in [-0.1, -0.05) is 18.2 Å². The van der Waals surface area contributed by atoms with Gasteiger partial charge in [0.2, 0.25) is 6.17 Å². The molecule has 1 N–H and O–H groups in total. The van der Waals surface area contributed by atoms with Gasteiger partial charge in [-0.15, -0.1) is 0 Å². The van der Waals surface area contributed by atoms with Crippen molar-refractivity contribution >= 4 is 5.97 Å². The first-order valence-corrected chi connectivity index (χ1v) is 5.19. The zero-order chi connectivity index (χ0) is 13.1. The van der Waals surface area contributed by atoms with Crippen molar-refractivity contribution < 1.29 is 23.4 Å². The fourth-order valence-electron chi connectivity index (χ4n) is 1.45. The van der Waals surface area contributed by atoms with Crippen molar-refractivity contribution in [1.82, 2.24) is 0 Å². The van der Waals surface area contributed by atoms with Gasteiger partial charge in [0.15, 0.2) is 0 Å². The SMILES string of the molecule is CCOC(=O)C(F)C(C)(O)c1ccccc1F. The molecule has 17 heavy (non-hydrogen) atoms. The number of rotatable bonds is 4. The monoisotopic (exact) mass is 244 g/mol. The molecule has 1 rings (SSSR count). The van der Waals surface area contributed by atoms with E-state index in [0.717, 1.165) is 13.0 Å². The highest BCUT2D eigenvalue weighted by Gasteiger charge is 2.42. The third kappa shape index (κ3) is 2.79. The van der Waals surface area contributed by atoms with E-state index in [1.807, 2.05) is 0 Å². The highest BCUT2D eigenvalue weighted by molar-refractivity contribution is 5.76. The summed E-state index contributed by atoms with van der Waals surface area (Å²) in [4.78, 5) is 11.2. The van der Waals surface area contributed by atoms with E-state index in [0.29, 0.717) is 0 Å². The van der Waals surface area contributed by atoms with Crippen molar-refractivity contribution in [2.24, 2.45) is 0 Å². The molecule has 0 saturated carbocycles. The van der Waals surface area contributed by atoms with Crippen molar-refractivity contribution in [2.45, 2.75) is 25.6 Å². The molecule has 94 valence electrons. The standard InChI is InChI=1S/C12H14F2O3/c1-3-17-11(15)10(14)12(2,16)8-6-4-5-7-9(8)13/h4-7,10,16H,3H2,1-2H3. The van der Waals surface area contributed by atoms with Gasteiger partial charge in [0.1, 0.15) is 11.4 Å². The number of benzene rings is 1. The summed E-state index contributed by atoms with van der Waals surface area (Å²) < 4.78 is 31.6. The smallest absolute Gasteiger partial charge is 0.344 e. The maximum absolute atomic E-state index is 13.7. The van der Waals surface area contributed by atoms with Crippen molar-refractivity contribution in [1.29, 1.82) is 0 Å². The van der Waals surface area contributed by atoms with E-state index in [2.05, 4.69) is 4.74 Å². The molecule has 0 spiro atoms. The topological polar surface area (TPSA) is 46.5 Å². The van der Waals surface area contributed by atoms with Crippen LogP contribution in [0.1, 0.15) is 19.4 Å². The number of aliphatic hydroxyl groups is 1. The van der Waals surface area contributed by atoms with Crippen molar-refractivity contribution in [3.63, 3.8) is 0 Å². The van der Waals surface area contributed by atoms with E-state index >= 15 is 0 Å². The van der Waals surface area contributed by atoms with Crippen LogP contribution in [0.3, 0.4) is 0 Å². The van der Waals surface area contributed by atoms with Crippen LogP contribution in [0, 0.1) is 5.82 Å². The van der Waals surface area contributed by atoms with Gasteiger partial charge in [0.05, 0.1) is 6.61 Å². The zero-order valence-electron chi connectivity index (χ0n) is 9.61. The molecular formula is C12H14F2O3. The van der Waals surface area contributed by atoms with Crippen LogP contribution in [0.15, 0.2) is 24.3 Å². The van der Waals surface area contributed by atoms with E-state index < -0.39 is 23.6 Å². The molecule has 2 atom stereocenters. The molecule has 0 heterocycles. The maximum atomic E-state index is 13.7. The third-order valence-corrected chi connectivity index (χ3v) is 2.41. The van der Waals surface area contributed by atoms with Crippen LogP contribution in [0.25, 0.3) is 0 Å². The van der Waals surface area contributed by atoms with E-state index in [4.69, 9.17) is 0 Å². The number of hydrogen-bond donors (Lipinski definition) is 1. The van der Waals surface area contributed by atoms with Crippen LogP contribution in [0.2, 0.25) is 0 Å². The number of carbonyl (C=O) groups is 1. The number of alkyl halides is 1. The molecule has 2 unspecified atom stereocenters. The predicted octanol–water partition coefficient (Wildman–Crippen LogP) is 1.93. The molecule has 0 aliphatic heterocycles. The van der Waals surface area contributed by atoms with Crippen LogP contribution >= 0.6 is 0 Å². The number of ether oxygens (including phenoxy) is 1. The second-order valence-electron chi connectivity index (χ2n) is 3.74. The Morgan fingerprint density at radius 2 is 2.12 bits per heavy atom. The van der Waals surface area contributed by atoms with Crippen LogP contribution in [-0.4, -0.2) is 23.9 Å². The summed E-state index contributed by atoms with van der Waals surface area (Å²) in [7, 11) is 0. The number of halogens is 2. The Labute approximate surface area is 98.0 Å². The van der Waals surface area contributed by atoms with Crippen LogP contribution < -0.4 is 0 Å². The highest BCUT2D eigenvalue weighted by atomic mass is 19.1. The highest BCUT2D eigenvalue weighted by Crippen LogP contribution is 2.29. The second-order valence-corrected chi connectivity index (χ2v) is 3.74.